The Balaban J connectivity index is 1.59. The number of Topliss-reactive ketones (excluding diaryl/α,β-unsaturated/α-hetero) is 1. The van der Waals surface area contributed by atoms with Gasteiger partial charge in [-0.15, -0.1) is 0 Å². The molecule has 1 heterocycles. The zero-order chi connectivity index (χ0) is 23.2. The van der Waals surface area contributed by atoms with Gasteiger partial charge < -0.3 is 0 Å². The Hall–Kier alpha value is -3.12. The molecule has 1 aromatic heterocycles. The molecular formula is C26H20ClF3N2O. The minimum absolute atomic E-state index is 0.0865. The number of carbonyl (C=O) groups is 1. The fourth-order valence-electron chi connectivity index (χ4n) is 4.52. The minimum atomic E-state index is -2.68. The molecule has 168 valence electrons. The molecule has 1 atom stereocenters. The van der Waals surface area contributed by atoms with Gasteiger partial charge in [-0.25, -0.2) is 17.9 Å². The highest BCUT2D eigenvalue weighted by Gasteiger charge is 2.40. The van der Waals surface area contributed by atoms with E-state index < -0.39 is 5.92 Å². The van der Waals surface area contributed by atoms with E-state index in [1.54, 1.807) is 41.1 Å². The summed E-state index contributed by atoms with van der Waals surface area (Å²) in [4.78, 5) is 12.9. The van der Waals surface area contributed by atoms with E-state index in [-0.39, 0.29) is 36.8 Å². The molecule has 4 aromatic rings. The molecule has 0 spiro atoms. The van der Waals surface area contributed by atoms with E-state index in [1.165, 1.54) is 12.1 Å². The van der Waals surface area contributed by atoms with Crippen LogP contribution in [0.4, 0.5) is 13.2 Å². The molecule has 33 heavy (non-hydrogen) atoms. The maximum atomic E-state index is 13.6. The summed E-state index contributed by atoms with van der Waals surface area (Å²) >= 11 is 6.42. The molecule has 0 amide bonds. The Morgan fingerprint density at radius 3 is 2.55 bits per heavy atom. The first kappa shape index (κ1) is 21.7. The van der Waals surface area contributed by atoms with E-state index in [4.69, 9.17) is 16.7 Å². The van der Waals surface area contributed by atoms with Crippen LogP contribution in [0.3, 0.4) is 0 Å². The number of nitrogens with zero attached hydrogens (tertiary/aromatic N) is 2. The lowest BCUT2D eigenvalue weighted by molar-refractivity contribution is 0.00497. The number of alkyl halides is 2. The van der Waals surface area contributed by atoms with Crippen LogP contribution in [0, 0.1) is 11.7 Å². The van der Waals surface area contributed by atoms with Crippen molar-refractivity contribution in [2.75, 3.05) is 0 Å². The van der Waals surface area contributed by atoms with Crippen molar-refractivity contribution < 1.29 is 18.0 Å². The summed E-state index contributed by atoms with van der Waals surface area (Å²) in [6.45, 7) is 0. The second-order valence-electron chi connectivity index (χ2n) is 8.54. The lowest BCUT2D eigenvalue weighted by Gasteiger charge is -2.10. The van der Waals surface area contributed by atoms with Gasteiger partial charge in [0.05, 0.1) is 16.2 Å². The molecule has 0 radical (unpaired) electrons. The average Bonchev–Trinajstić information content (AvgIpc) is 3.33. The number of hydrogen-bond acceptors (Lipinski definition) is 2. The first-order valence-corrected chi connectivity index (χ1v) is 11.1. The predicted molar refractivity (Wildman–Crippen MR) is 123 cm³/mol. The van der Waals surface area contributed by atoms with Crippen LogP contribution in [-0.2, 0) is 0 Å². The van der Waals surface area contributed by atoms with E-state index in [2.05, 4.69) is 0 Å². The van der Waals surface area contributed by atoms with Crippen LogP contribution in [0.1, 0.15) is 36.0 Å². The summed E-state index contributed by atoms with van der Waals surface area (Å²) in [5.74, 6) is -3.54. The molecule has 7 heteroatoms. The molecule has 5 rings (SSSR count). The summed E-state index contributed by atoms with van der Waals surface area (Å²) in [6.07, 6.45) is 0.0297. The summed E-state index contributed by atoms with van der Waals surface area (Å²) in [7, 11) is 0. The van der Waals surface area contributed by atoms with E-state index in [1.807, 2.05) is 18.2 Å². The van der Waals surface area contributed by atoms with Gasteiger partial charge in [0.2, 0.25) is 5.92 Å². The van der Waals surface area contributed by atoms with E-state index in [0.29, 0.717) is 33.9 Å². The number of aromatic nitrogens is 2. The van der Waals surface area contributed by atoms with Gasteiger partial charge in [0.25, 0.3) is 0 Å². The molecule has 1 aliphatic rings. The van der Waals surface area contributed by atoms with E-state index in [9.17, 15) is 18.0 Å². The summed E-state index contributed by atoms with van der Waals surface area (Å²) in [5.41, 5.74) is 3.08. The van der Waals surface area contributed by atoms with Crippen LogP contribution in [-0.4, -0.2) is 21.5 Å². The molecule has 1 fully saturated rings. The first-order valence-electron chi connectivity index (χ1n) is 10.8. The lowest BCUT2D eigenvalue weighted by atomic mass is 9.96. The van der Waals surface area contributed by atoms with Crippen LogP contribution in [0.5, 0.6) is 0 Å². The molecule has 1 aliphatic carbocycles. The van der Waals surface area contributed by atoms with Crippen molar-refractivity contribution in [1.29, 1.82) is 0 Å². The fraction of sp³-hybridized carbons (Fsp3) is 0.231. The SMILES string of the molecule is O=C(CC1CCC(F)(F)C1)c1ccc2c(-c3ccccc3Cl)nn(-c3ccc(F)cc3)c2c1. The lowest BCUT2D eigenvalue weighted by Crippen LogP contribution is -2.12. The zero-order valence-electron chi connectivity index (χ0n) is 17.6. The smallest absolute Gasteiger partial charge is 0.248 e. The third-order valence-electron chi connectivity index (χ3n) is 6.18. The molecule has 0 saturated heterocycles. The monoisotopic (exact) mass is 468 g/mol. The number of halogens is 4. The fourth-order valence-corrected chi connectivity index (χ4v) is 4.74. The van der Waals surface area contributed by atoms with E-state index in [0.717, 1.165) is 10.9 Å². The van der Waals surface area contributed by atoms with Gasteiger partial charge in [0.15, 0.2) is 5.78 Å². The summed E-state index contributed by atoms with van der Waals surface area (Å²) in [5, 5.41) is 6.05. The maximum absolute atomic E-state index is 13.6. The van der Waals surface area contributed by atoms with Crippen LogP contribution in [0.2, 0.25) is 5.02 Å². The molecule has 0 aliphatic heterocycles. The van der Waals surface area contributed by atoms with Crippen molar-refractivity contribution >= 4 is 28.3 Å². The molecule has 3 nitrogen and oxygen atoms in total. The number of fused-ring (bicyclic) bond motifs is 1. The quantitative estimate of drug-likeness (QED) is 0.284. The van der Waals surface area contributed by atoms with Gasteiger partial charge in [-0.1, -0.05) is 35.9 Å². The molecule has 1 unspecified atom stereocenters. The van der Waals surface area contributed by atoms with Crippen molar-refractivity contribution in [2.45, 2.75) is 31.6 Å². The second kappa shape index (κ2) is 8.34. The Bertz CT molecular complexity index is 1350. The van der Waals surface area contributed by atoms with Crippen LogP contribution < -0.4 is 0 Å². The van der Waals surface area contributed by atoms with Gasteiger partial charge in [-0.3, -0.25) is 4.79 Å². The molecule has 1 saturated carbocycles. The molecule has 0 bridgehead atoms. The van der Waals surface area contributed by atoms with Crippen molar-refractivity contribution in [3.8, 4) is 16.9 Å². The van der Waals surface area contributed by atoms with Crippen molar-refractivity contribution in [2.24, 2.45) is 5.92 Å². The Labute approximate surface area is 193 Å². The third-order valence-corrected chi connectivity index (χ3v) is 6.51. The van der Waals surface area contributed by atoms with Gasteiger partial charge in [0.1, 0.15) is 11.5 Å². The van der Waals surface area contributed by atoms with Gasteiger partial charge >= 0.3 is 0 Å². The molecule has 3 aromatic carbocycles. The number of benzene rings is 3. The maximum Gasteiger partial charge on any atom is 0.248 e. The highest BCUT2D eigenvalue weighted by atomic mass is 35.5. The van der Waals surface area contributed by atoms with Crippen LogP contribution in [0.15, 0.2) is 66.7 Å². The molecule has 0 N–H and O–H groups in total. The van der Waals surface area contributed by atoms with Crippen LogP contribution >= 0.6 is 11.6 Å². The zero-order valence-corrected chi connectivity index (χ0v) is 18.3. The Morgan fingerprint density at radius 2 is 1.85 bits per heavy atom. The largest absolute Gasteiger partial charge is 0.294 e. The molecular weight excluding hydrogens is 449 g/mol. The second-order valence-corrected chi connectivity index (χ2v) is 8.95. The standard InChI is InChI=1S/C26H20ClF3N2O/c27-22-4-2-1-3-20(22)25-21-10-5-17(24(33)13-16-11-12-26(29,30)15-16)14-23(21)32(31-25)19-8-6-18(28)7-9-19/h1-10,14,16H,11-13,15H2. The van der Waals surface area contributed by atoms with Crippen molar-refractivity contribution in [3.05, 3.63) is 83.1 Å². The Morgan fingerprint density at radius 1 is 1.09 bits per heavy atom. The van der Waals surface area contributed by atoms with E-state index >= 15 is 0 Å². The van der Waals surface area contributed by atoms with Crippen molar-refractivity contribution in [3.63, 3.8) is 0 Å². The topological polar surface area (TPSA) is 34.9 Å². The number of hydrogen-bond donors (Lipinski definition) is 0. The van der Waals surface area contributed by atoms with Gasteiger partial charge in [-0.05, 0) is 54.8 Å². The number of carbonyl (C=O) groups excluding carboxylic acids is 1. The number of rotatable bonds is 5. The predicted octanol–water partition coefficient (Wildman–Crippen LogP) is 7.49. The minimum Gasteiger partial charge on any atom is -0.294 e. The van der Waals surface area contributed by atoms with Gasteiger partial charge in [-0.2, -0.15) is 5.10 Å². The highest BCUT2D eigenvalue weighted by Crippen LogP contribution is 2.41. The summed E-state index contributed by atoms with van der Waals surface area (Å²) < 4.78 is 42.3. The van der Waals surface area contributed by atoms with Gasteiger partial charge in [0, 0.05) is 35.8 Å². The Kier molecular flexibility index (Phi) is 5.49. The average molecular weight is 469 g/mol. The normalized spacial score (nSPS) is 17.5. The highest BCUT2D eigenvalue weighted by molar-refractivity contribution is 6.33. The van der Waals surface area contributed by atoms with Crippen LogP contribution in [0.25, 0.3) is 27.8 Å². The first-order chi connectivity index (χ1) is 15.8. The summed E-state index contributed by atoms with van der Waals surface area (Å²) in [6, 6.07) is 18.4. The third kappa shape index (κ3) is 4.27. The number of ketones is 1. The van der Waals surface area contributed by atoms with Crippen molar-refractivity contribution in [1.82, 2.24) is 9.78 Å².